The average Bonchev–Trinajstić information content (AvgIpc) is 2.61. The van der Waals surface area contributed by atoms with Gasteiger partial charge in [0, 0.05) is 23.1 Å². The first-order valence-corrected chi connectivity index (χ1v) is 11.1. The highest BCUT2D eigenvalue weighted by atomic mass is 79.9. The highest BCUT2D eigenvalue weighted by Crippen LogP contribution is 2.46. The first kappa shape index (κ1) is 20.2. The van der Waals surface area contributed by atoms with Gasteiger partial charge >= 0.3 is 0 Å². The number of halogens is 1. The van der Waals surface area contributed by atoms with Crippen molar-refractivity contribution in [1.82, 2.24) is 0 Å². The Kier molecular flexibility index (Phi) is 8.48. The normalized spacial score (nSPS) is 30.4. The molecule has 4 nitrogen and oxygen atoms in total. The Bertz CT molecular complexity index is 383. The van der Waals surface area contributed by atoms with Crippen LogP contribution in [-0.2, 0) is 4.74 Å². The van der Waals surface area contributed by atoms with Gasteiger partial charge < -0.3 is 4.74 Å². The summed E-state index contributed by atoms with van der Waals surface area (Å²) in [6, 6.07) is -0.350. The van der Waals surface area contributed by atoms with Gasteiger partial charge in [-0.3, -0.25) is 10.1 Å². The smallest absolute Gasteiger partial charge is 0.213 e. The van der Waals surface area contributed by atoms with Gasteiger partial charge in [-0.1, -0.05) is 48.5 Å². The van der Waals surface area contributed by atoms with Crippen molar-refractivity contribution in [3.8, 4) is 0 Å². The number of hydrogen-bond donors (Lipinski definition) is 0. The number of fused-ring (bicyclic) bond motifs is 3. The van der Waals surface area contributed by atoms with Gasteiger partial charge in [0.2, 0.25) is 6.04 Å². The van der Waals surface area contributed by atoms with Gasteiger partial charge in [0.05, 0.1) is 11.7 Å². The predicted octanol–water partition coefficient (Wildman–Crippen LogP) is 5.89. The third-order valence-electron chi connectivity index (χ3n) is 6.08. The molecule has 2 saturated heterocycles. The molecule has 0 amide bonds. The lowest BCUT2D eigenvalue weighted by Crippen LogP contribution is -2.51. The van der Waals surface area contributed by atoms with Gasteiger partial charge in [-0.05, 0) is 50.9 Å². The molecule has 3 aliphatic rings. The second-order valence-corrected chi connectivity index (χ2v) is 8.44. The lowest BCUT2D eigenvalue weighted by Gasteiger charge is -2.50. The van der Waals surface area contributed by atoms with E-state index in [4.69, 9.17) is 4.74 Å². The van der Waals surface area contributed by atoms with Crippen molar-refractivity contribution in [2.45, 2.75) is 108 Å². The third-order valence-corrected chi connectivity index (χ3v) is 7.10. The summed E-state index contributed by atoms with van der Waals surface area (Å²) in [5, 5.41) is 12.2. The van der Waals surface area contributed by atoms with E-state index in [1.54, 1.807) is 0 Å². The minimum atomic E-state index is -0.350. The Hall–Kier alpha value is -0.160. The molecule has 140 valence electrons. The van der Waals surface area contributed by atoms with Crippen LogP contribution in [0.4, 0.5) is 0 Å². The highest BCUT2D eigenvalue weighted by molar-refractivity contribution is 9.09. The largest absolute Gasteiger partial charge is 0.371 e. The van der Waals surface area contributed by atoms with Crippen LogP contribution < -0.4 is 0 Å². The fourth-order valence-corrected chi connectivity index (χ4v) is 5.12. The van der Waals surface area contributed by atoms with E-state index >= 15 is 0 Å². The molecule has 2 heterocycles. The summed E-state index contributed by atoms with van der Waals surface area (Å²) in [6.07, 6.45) is 14.4. The summed E-state index contributed by atoms with van der Waals surface area (Å²) in [4.78, 5) is 11.2. The van der Waals surface area contributed by atoms with Crippen molar-refractivity contribution >= 4 is 15.9 Å². The summed E-state index contributed by atoms with van der Waals surface area (Å²) in [5.41, 5.74) is 0.0567. The average molecular weight is 404 g/mol. The maximum absolute atomic E-state index is 11.3. The molecule has 0 radical (unpaired) electrons. The molecule has 2 atom stereocenters. The molecular formula is C19H34BrNO3. The molecule has 0 aromatic heterocycles. The zero-order chi connectivity index (χ0) is 17.4. The Morgan fingerprint density at radius 3 is 2.46 bits per heavy atom. The van der Waals surface area contributed by atoms with Crippen molar-refractivity contribution in [2.24, 2.45) is 5.92 Å². The van der Waals surface area contributed by atoms with E-state index in [1.165, 1.54) is 44.9 Å². The van der Waals surface area contributed by atoms with E-state index < -0.39 is 0 Å². The molecule has 5 heteroatoms. The van der Waals surface area contributed by atoms with Gasteiger partial charge in [0.25, 0.3) is 0 Å². The number of ether oxygens (including phenoxy) is 1. The van der Waals surface area contributed by atoms with E-state index in [9.17, 15) is 10.1 Å². The van der Waals surface area contributed by atoms with Crippen molar-refractivity contribution < 1.29 is 9.66 Å². The zero-order valence-corrected chi connectivity index (χ0v) is 16.8. The van der Waals surface area contributed by atoms with E-state index in [0.717, 1.165) is 37.4 Å². The minimum absolute atomic E-state index is 0.0479. The SMILES string of the molecule is CCCCCCCC(CCCC1OC2(CBr)CCC1CC2)[N+](=O)[O-]. The molecular weight excluding hydrogens is 370 g/mol. The number of nitro groups is 1. The topological polar surface area (TPSA) is 52.4 Å². The molecule has 1 aliphatic carbocycles. The molecule has 3 rings (SSSR count). The second-order valence-electron chi connectivity index (χ2n) is 7.88. The van der Waals surface area contributed by atoms with Crippen molar-refractivity contribution in [1.29, 1.82) is 0 Å². The molecule has 0 aromatic carbocycles. The lowest BCUT2D eigenvalue weighted by molar-refractivity contribution is -0.524. The second kappa shape index (κ2) is 10.1. The number of alkyl halides is 1. The first-order valence-electron chi connectivity index (χ1n) is 9.97. The molecule has 0 N–H and O–H groups in total. The van der Waals surface area contributed by atoms with Crippen molar-refractivity contribution in [3.05, 3.63) is 10.1 Å². The van der Waals surface area contributed by atoms with Crippen molar-refractivity contribution in [2.75, 3.05) is 5.33 Å². The van der Waals surface area contributed by atoms with Crippen LogP contribution in [-0.4, -0.2) is 28.0 Å². The van der Waals surface area contributed by atoms with Crippen LogP contribution >= 0.6 is 15.9 Å². The van der Waals surface area contributed by atoms with Gasteiger partial charge in [-0.25, -0.2) is 0 Å². The highest BCUT2D eigenvalue weighted by Gasteiger charge is 2.45. The number of nitrogens with zero attached hydrogens (tertiary/aromatic N) is 1. The quantitative estimate of drug-likeness (QED) is 0.177. The molecule has 2 unspecified atom stereocenters. The number of hydrogen-bond acceptors (Lipinski definition) is 3. The van der Waals surface area contributed by atoms with Gasteiger partial charge in [-0.2, -0.15) is 0 Å². The molecule has 24 heavy (non-hydrogen) atoms. The summed E-state index contributed by atoms with van der Waals surface area (Å²) < 4.78 is 6.37. The maximum Gasteiger partial charge on any atom is 0.213 e. The Morgan fingerprint density at radius 2 is 1.83 bits per heavy atom. The van der Waals surface area contributed by atoms with Crippen LogP contribution in [0, 0.1) is 16.0 Å². The van der Waals surface area contributed by atoms with Crippen LogP contribution in [0.15, 0.2) is 0 Å². The Morgan fingerprint density at radius 1 is 1.17 bits per heavy atom. The van der Waals surface area contributed by atoms with Crippen LogP contribution in [0.25, 0.3) is 0 Å². The summed E-state index contributed by atoms with van der Waals surface area (Å²) in [7, 11) is 0. The lowest BCUT2D eigenvalue weighted by atomic mass is 9.72. The van der Waals surface area contributed by atoms with Crippen LogP contribution in [0.3, 0.4) is 0 Å². The monoisotopic (exact) mass is 403 g/mol. The van der Waals surface area contributed by atoms with Crippen LogP contribution in [0.2, 0.25) is 0 Å². The summed E-state index contributed by atoms with van der Waals surface area (Å²) >= 11 is 3.62. The fraction of sp³-hybridized carbons (Fsp3) is 1.00. The van der Waals surface area contributed by atoms with E-state index in [1.807, 2.05) is 0 Å². The molecule has 2 bridgehead atoms. The standard InChI is InChI=1S/C19H34BrNO3/c1-2-3-4-5-6-8-17(21(22)23)9-7-10-18-16-11-13-19(15-20,24-18)14-12-16/h16-18H,2-15H2,1H3. The molecule has 1 saturated carbocycles. The molecule has 3 fully saturated rings. The van der Waals surface area contributed by atoms with E-state index in [-0.39, 0.29) is 16.6 Å². The van der Waals surface area contributed by atoms with Gasteiger partial charge in [0.15, 0.2) is 0 Å². The third kappa shape index (κ3) is 5.69. The predicted molar refractivity (Wildman–Crippen MR) is 101 cm³/mol. The van der Waals surface area contributed by atoms with E-state index in [0.29, 0.717) is 18.4 Å². The summed E-state index contributed by atoms with van der Waals surface area (Å²) in [5.74, 6) is 0.689. The van der Waals surface area contributed by atoms with Crippen LogP contribution in [0.5, 0.6) is 0 Å². The minimum Gasteiger partial charge on any atom is -0.371 e. The zero-order valence-electron chi connectivity index (χ0n) is 15.2. The molecule has 0 spiro atoms. The number of rotatable bonds is 12. The van der Waals surface area contributed by atoms with Crippen LogP contribution in [0.1, 0.15) is 90.4 Å². The number of unbranched alkanes of at least 4 members (excludes halogenated alkanes) is 4. The molecule has 0 aromatic rings. The Balaban J connectivity index is 1.68. The maximum atomic E-state index is 11.3. The van der Waals surface area contributed by atoms with Gasteiger partial charge in [-0.15, -0.1) is 0 Å². The Labute approximate surface area is 155 Å². The summed E-state index contributed by atoms with van der Waals surface area (Å²) in [6.45, 7) is 2.19. The fourth-order valence-electron chi connectivity index (χ4n) is 4.43. The van der Waals surface area contributed by atoms with E-state index in [2.05, 4.69) is 22.9 Å². The first-order chi connectivity index (χ1) is 11.6. The van der Waals surface area contributed by atoms with Gasteiger partial charge in [0.1, 0.15) is 0 Å². The van der Waals surface area contributed by atoms with Crippen molar-refractivity contribution in [3.63, 3.8) is 0 Å². The molecule has 2 aliphatic heterocycles.